The summed E-state index contributed by atoms with van der Waals surface area (Å²) in [5.74, 6) is 6.55. The zero-order valence-corrected chi connectivity index (χ0v) is 21.7. The van der Waals surface area contributed by atoms with Gasteiger partial charge in [0.25, 0.3) is 0 Å². The largest absolute Gasteiger partial charge is 0.0654 e. The van der Waals surface area contributed by atoms with E-state index in [1.807, 2.05) is 0 Å². The van der Waals surface area contributed by atoms with Crippen LogP contribution in [0.2, 0.25) is 0 Å². The van der Waals surface area contributed by atoms with E-state index in [0.717, 1.165) is 35.5 Å². The molecule has 182 valence electrons. The Morgan fingerprint density at radius 1 is 0.355 bits per heavy atom. The van der Waals surface area contributed by atoms with Crippen LogP contribution in [0.1, 0.15) is 162 Å². The highest BCUT2D eigenvalue weighted by molar-refractivity contribution is 4.81. The molecule has 0 heterocycles. The van der Waals surface area contributed by atoms with E-state index >= 15 is 0 Å². The maximum absolute atomic E-state index is 2.34. The predicted octanol–water partition coefficient (Wildman–Crippen LogP) is 10.7. The molecular formula is C31H58. The van der Waals surface area contributed by atoms with Crippen molar-refractivity contribution >= 4 is 0 Å². The van der Waals surface area contributed by atoms with Crippen molar-refractivity contribution in [3.8, 4) is 0 Å². The molecule has 0 heteroatoms. The summed E-state index contributed by atoms with van der Waals surface area (Å²) in [5.41, 5.74) is 0. The molecule has 0 aromatic carbocycles. The second kappa shape index (κ2) is 15.0. The molecule has 3 saturated carbocycles. The summed E-state index contributed by atoms with van der Waals surface area (Å²) in [6.45, 7) is 4.67. The van der Waals surface area contributed by atoms with Gasteiger partial charge in [-0.05, 0) is 48.3 Å². The first-order valence-electron chi connectivity index (χ1n) is 15.3. The predicted molar refractivity (Wildman–Crippen MR) is 138 cm³/mol. The summed E-state index contributed by atoms with van der Waals surface area (Å²) >= 11 is 0. The van der Waals surface area contributed by atoms with E-state index in [0.29, 0.717) is 0 Å². The lowest BCUT2D eigenvalue weighted by Crippen LogP contribution is -2.23. The molecule has 0 amide bonds. The number of hydrogen-bond acceptors (Lipinski definition) is 0. The Hall–Kier alpha value is 0. The summed E-state index contributed by atoms with van der Waals surface area (Å²) in [7, 11) is 0. The average Bonchev–Trinajstić information content (AvgIpc) is 2.80. The van der Waals surface area contributed by atoms with Crippen molar-refractivity contribution in [2.75, 3.05) is 0 Å². The number of rotatable bonds is 13. The second-order valence-electron chi connectivity index (χ2n) is 12.5. The summed E-state index contributed by atoms with van der Waals surface area (Å²) in [5, 5.41) is 0. The van der Waals surface area contributed by atoms with E-state index in [2.05, 4.69) is 13.8 Å². The third kappa shape index (κ3) is 9.80. The molecule has 31 heavy (non-hydrogen) atoms. The monoisotopic (exact) mass is 430 g/mol. The van der Waals surface area contributed by atoms with Crippen molar-refractivity contribution in [3.63, 3.8) is 0 Å². The summed E-state index contributed by atoms with van der Waals surface area (Å²) in [6.07, 6.45) is 35.3. The van der Waals surface area contributed by atoms with Crippen LogP contribution in [0.3, 0.4) is 0 Å². The van der Waals surface area contributed by atoms with E-state index in [9.17, 15) is 0 Å². The third-order valence-corrected chi connectivity index (χ3v) is 9.91. The minimum absolute atomic E-state index is 1.09. The highest BCUT2D eigenvalue weighted by Gasteiger charge is 2.29. The van der Waals surface area contributed by atoms with Crippen LogP contribution < -0.4 is 0 Å². The fraction of sp³-hybridized carbons (Fsp3) is 1.00. The standard InChI is InChI=1S/C31H58/c1-3-5-7-9-11-27-14-18-29(19-15-27)25-31-22-20-30(21-23-31)24-28-16-12-26(13-17-28)10-8-6-4-2/h26-31H,3-25H2,1-2H3/t26-,27-,28-,29-,30-,31-. The molecular weight excluding hydrogens is 372 g/mol. The van der Waals surface area contributed by atoms with Gasteiger partial charge in [-0.15, -0.1) is 0 Å². The highest BCUT2D eigenvalue weighted by Crippen LogP contribution is 2.42. The van der Waals surface area contributed by atoms with Crippen LogP contribution in [0.15, 0.2) is 0 Å². The van der Waals surface area contributed by atoms with Gasteiger partial charge < -0.3 is 0 Å². The van der Waals surface area contributed by atoms with Crippen molar-refractivity contribution in [3.05, 3.63) is 0 Å². The van der Waals surface area contributed by atoms with Gasteiger partial charge in [0, 0.05) is 0 Å². The quantitative estimate of drug-likeness (QED) is 0.255. The van der Waals surface area contributed by atoms with E-state index < -0.39 is 0 Å². The lowest BCUT2D eigenvalue weighted by atomic mass is 9.70. The highest BCUT2D eigenvalue weighted by atomic mass is 14.3. The Morgan fingerprint density at radius 2 is 0.645 bits per heavy atom. The fourth-order valence-electron chi connectivity index (χ4n) is 7.70. The molecule has 0 N–H and O–H groups in total. The molecule has 0 atom stereocenters. The molecule has 3 aliphatic rings. The molecule has 0 aromatic heterocycles. The molecule has 0 radical (unpaired) electrons. The minimum Gasteiger partial charge on any atom is -0.0654 e. The zero-order valence-electron chi connectivity index (χ0n) is 21.7. The lowest BCUT2D eigenvalue weighted by Gasteiger charge is -2.36. The first kappa shape index (κ1) is 25.6. The Morgan fingerprint density at radius 3 is 1.00 bits per heavy atom. The smallest absolute Gasteiger partial charge is 0.0411 e. The normalized spacial score (nSPS) is 34.6. The van der Waals surface area contributed by atoms with E-state index in [1.165, 1.54) is 51.4 Å². The van der Waals surface area contributed by atoms with Gasteiger partial charge in [0.1, 0.15) is 0 Å². The third-order valence-electron chi connectivity index (χ3n) is 9.91. The molecule has 0 bridgehead atoms. The van der Waals surface area contributed by atoms with Gasteiger partial charge >= 0.3 is 0 Å². The van der Waals surface area contributed by atoms with Crippen molar-refractivity contribution in [1.82, 2.24) is 0 Å². The van der Waals surface area contributed by atoms with Crippen LogP contribution in [0, 0.1) is 35.5 Å². The van der Waals surface area contributed by atoms with Crippen LogP contribution in [0.4, 0.5) is 0 Å². The Labute approximate surface area is 197 Å². The van der Waals surface area contributed by atoms with Gasteiger partial charge in [-0.1, -0.05) is 149 Å². The SMILES string of the molecule is CCCCCC[C@H]1CC[C@H](C[C@H]2CC[C@H](C[C@H]3CC[C@H](CCCCC)CC3)CC2)CC1. The van der Waals surface area contributed by atoms with E-state index in [-0.39, 0.29) is 0 Å². The maximum Gasteiger partial charge on any atom is -0.0411 e. The van der Waals surface area contributed by atoms with Gasteiger partial charge in [0.05, 0.1) is 0 Å². The molecule has 0 saturated heterocycles. The summed E-state index contributed by atoms with van der Waals surface area (Å²) in [4.78, 5) is 0. The van der Waals surface area contributed by atoms with Crippen molar-refractivity contribution < 1.29 is 0 Å². The van der Waals surface area contributed by atoms with Gasteiger partial charge in [-0.25, -0.2) is 0 Å². The first-order valence-corrected chi connectivity index (χ1v) is 15.3. The minimum atomic E-state index is 1.09. The van der Waals surface area contributed by atoms with Gasteiger partial charge in [0.2, 0.25) is 0 Å². The molecule has 3 fully saturated rings. The van der Waals surface area contributed by atoms with Crippen molar-refractivity contribution in [2.24, 2.45) is 35.5 Å². The van der Waals surface area contributed by atoms with Crippen LogP contribution >= 0.6 is 0 Å². The molecule has 3 aliphatic carbocycles. The van der Waals surface area contributed by atoms with E-state index in [1.54, 1.807) is 96.3 Å². The molecule has 0 nitrogen and oxygen atoms in total. The van der Waals surface area contributed by atoms with Crippen LogP contribution in [0.25, 0.3) is 0 Å². The Bertz CT molecular complexity index is 415. The topological polar surface area (TPSA) is 0 Å². The summed E-state index contributed by atoms with van der Waals surface area (Å²) in [6, 6.07) is 0. The van der Waals surface area contributed by atoms with Crippen molar-refractivity contribution in [1.29, 1.82) is 0 Å². The van der Waals surface area contributed by atoms with E-state index in [4.69, 9.17) is 0 Å². The first-order chi connectivity index (χ1) is 15.3. The van der Waals surface area contributed by atoms with Crippen LogP contribution in [-0.4, -0.2) is 0 Å². The molecule has 3 rings (SSSR count). The second-order valence-corrected chi connectivity index (χ2v) is 12.5. The Kier molecular flexibility index (Phi) is 12.4. The lowest BCUT2D eigenvalue weighted by molar-refractivity contribution is 0.161. The van der Waals surface area contributed by atoms with Gasteiger partial charge in [0.15, 0.2) is 0 Å². The molecule has 0 spiro atoms. The van der Waals surface area contributed by atoms with Crippen LogP contribution in [-0.2, 0) is 0 Å². The number of hydrogen-bond donors (Lipinski definition) is 0. The fourth-order valence-corrected chi connectivity index (χ4v) is 7.70. The summed E-state index contributed by atoms with van der Waals surface area (Å²) < 4.78 is 0. The number of unbranched alkanes of at least 4 members (excludes halogenated alkanes) is 5. The molecule has 0 aromatic rings. The molecule has 0 unspecified atom stereocenters. The molecule has 0 aliphatic heterocycles. The van der Waals surface area contributed by atoms with Crippen molar-refractivity contribution in [2.45, 2.75) is 162 Å². The van der Waals surface area contributed by atoms with Gasteiger partial charge in [-0.3, -0.25) is 0 Å². The zero-order chi connectivity index (χ0) is 21.7. The van der Waals surface area contributed by atoms with Gasteiger partial charge in [-0.2, -0.15) is 0 Å². The van der Waals surface area contributed by atoms with Crippen LogP contribution in [0.5, 0.6) is 0 Å². The Balaban J connectivity index is 1.22. The maximum atomic E-state index is 2.34. The average molecular weight is 431 g/mol.